The standard InChI is InChI=1S/C13H14N2O4/c1-14-10(16)8-3-2-4-9(7-8)11(17)15-13(5-6-13)12(18)19/h2-4,7H,5-6H2,1H3,(H,14,16)(H,15,17)(H,18,19). The van der Waals surface area contributed by atoms with E-state index in [-0.39, 0.29) is 11.5 Å². The predicted octanol–water partition coefficient (Wildman–Crippen LogP) is 0.393. The van der Waals surface area contributed by atoms with Gasteiger partial charge in [-0.05, 0) is 31.0 Å². The first-order valence-electron chi connectivity index (χ1n) is 5.86. The number of hydrogen-bond donors (Lipinski definition) is 3. The van der Waals surface area contributed by atoms with Crippen LogP contribution in [-0.2, 0) is 4.79 Å². The van der Waals surface area contributed by atoms with E-state index in [1.165, 1.54) is 13.1 Å². The lowest BCUT2D eigenvalue weighted by molar-refractivity contribution is -0.140. The van der Waals surface area contributed by atoms with E-state index in [4.69, 9.17) is 5.11 Å². The number of carboxylic acid groups (broad SMARTS) is 1. The molecule has 1 saturated carbocycles. The van der Waals surface area contributed by atoms with E-state index < -0.39 is 17.4 Å². The number of carbonyl (C=O) groups is 3. The Hall–Kier alpha value is -2.37. The fourth-order valence-electron chi connectivity index (χ4n) is 1.75. The van der Waals surface area contributed by atoms with Crippen LogP contribution in [0.1, 0.15) is 33.6 Å². The van der Waals surface area contributed by atoms with Crippen LogP contribution in [0.2, 0.25) is 0 Å². The van der Waals surface area contributed by atoms with Crippen molar-refractivity contribution in [3.63, 3.8) is 0 Å². The van der Waals surface area contributed by atoms with Crippen molar-refractivity contribution in [2.75, 3.05) is 7.05 Å². The number of nitrogens with one attached hydrogen (secondary N) is 2. The van der Waals surface area contributed by atoms with Gasteiger partial charge in [-0.1, -0.05) is 6.07 Å². The Morgan fingerprint density at radius 1 is 1.16 bits per heavy atom. The zero-order valence-electron chi connectivity index (χ0n) is 10.4. The van der Waals surface area contributed by atoms with Crippen LogP contribution in [-0.4, -0.2) is 35.5 Å². The molecule has 3 N–H and O–H groups in total. The average Bonchev–Trinajstić information content (AvgIpc) is 3.19. The number of rotatable bonds is 4. The maximum atomic E-state index is 12.0. The van der Waals surface area contributed by atoms with Gasteiger partial charge in [0, 0.05) is 18.2 Å². The van der Waals surface area contributed by atoms with E-state index in [0.29, 0.717) is 18.4 Å². The molecule has 0 aliphatic heterocycles. The second-order valence-corrected chi connectivity index (χ2v) is 4.50. The van der Waals surface area contributed by atoms with Crippen molar-refractivity contribution in [1.82, 2.24) is 10.6 Å². The number of aliphatic carboxylic acids is 1. The number of carboxylic acids is 1. The molecule has 19 heavy (non-hydrogen) atoms. The lowest BCUT2D eigenvalue weighted by atomic mass is 10.1. The Morgan fingerprint density at radius 2 is 1.74 bits per heavy atom. The molecule has 0 heterocycles. The third-order valence-corrected chi connectivity index (χ3v) is 3.13. The highest BCUT2D eigenvalue weighted by atomic mass is 16.4. The lowest BCUT2D eigenvalue weighted by Gasteiger charge is -2.12. The van der Waals surface area contributed by atoms with E-state index in [1.807, 2.05) is 0 Å². The number of amides is 2. The number of benzene rings is 1. The highest BCUT2D eigenvalue weighted by Crippen LogP contribution is 2.35. The van der Waals surface area contributed by atoms with Gasteiger partial charge in [0.15, 0.2) is 0 Å². The largest absolute Gasteiger partial charge is 0.480 e. The molecule has 100 valence electrons. The molecular formula is C13H14N2O4. The first-order chi connectivity index (χ1) is 8.98. The van der Waals surface area contributed by atoms with Gasteiger partial charge in [-0.3, -0.25) is 9.59 Å². The van der Waals surface area contributed by atoms with Gasteiger partial charge in [0.2, 0.25) is 0 Å². The lowest BCUT2D eigenvalue weighted by Crippen LogP contribution is -2.43. The molecule has 6 heteroatoms. The highest BCUT2D eigenvalue weighted by molar-refractivity contribution is 6.01. The topological polar surface area (TPSA) is 95.5 Å². The van der Waals surface area contributed by atoms with E-state index in [0.717, 1.165) is 0 Å². The van der Waals surface area contributed by atoms with Gasteiger partial charge in [0.05, 0.1) is 0 Å². The molecule has 0 atom stereocenters. The van der Waals surface area contributed by atoms with Crippen LogP contribution in [0.5, 0.6) is 0 Å². The van der Waals surface area contributed by atoms with Gasteiger partial charge in [-0.2, -0.15) is 0 Å². The second-order valence-electron chi connectivity index (χ2n) is 4.50. The third kappa shape index (κ3) is 2.57. The van der Waals surface area contributed by atoms with Crippen LogP contribution in [0.15, 0.2) is 24.3 Å². The molecule has 0 unspecified atom stereocenters. The molecule has 1 aliphatic carbocycles. The molecule has 0 bridgehead atoms. The van der Waals surface area contributed by atoms with Crippen LogP contribution >= 0.6 is 0 Å². The quantitative estimate of drug-likeness (QED) is 0.731. The van der Waals surface area contributed by atoms with Gasteiger partial charge in [-0.15, -0.1) is 0 Å². The molecule has 2 rings (SSSR count). The summed E-state index contributed by atoms with van der Waals surface area (Å²) in [7, 11) is 1.50. The highest BCUT2D eigenvalue weighted by Gasteiger charge is 2.51. The Bertz CT molecular complexity index is 549. The van der Waals surface area contributed by atoms with Gasteiger partial charge in [0.25, 0.3) is 11.8 Å². The fraction of sp³-hybridized carbons (Fsp3) is 0.308. The van der Waals surface area contributed by atoms with Gasteiger partial charge < -0.3 is 15.7 Å². The number of carbonyl (C=O) groups excluding carboxylic acids is 2. The Kier molecular flexibility index (Phi) is 3.25. The van der Waals surface area contributed by atoms with Crippen LogP contribution in [0.4, 0.5) is 0 Å². The van der Waals surface area contributed by atoms with E-state index in [9.17, 15) is 14.4 Å². The number of hydrogen-bond acceptors (Lipinski definition) is 3. The van der Waals surface area contributed by atoms with Gasteiger partial charge in [-0.25, -0.2) is 4.79 Å². The summed E-state index contributed by atoms with van der Waals surface area (Å²) < 4.78 is 0. The zero-order valence-corrected chi connectivity index (χ0v) is 10.4. The predicted molar refractivity (Wildman–Crippen MR) is 66.9 cm³/mol. The van der Waals surface area contributed by atoms with Crippen LogP contribution in [0.3, 0.4) is 0 Å². The molecule has 0 radical (unpaired) electrons. The minimum absolute atomic E-state index is 0.272. The van der Waals surface area contributed by atoms with Crippen molar-refractivity contribution in [3.8, 4) is 0 Å². The van der Waals surface area contributed by atoms with E-state index >= 15 is 0 Å². The molecule has 0 aromatic heterocycles. The summed E-state index contributed by atoms with van der Waals surface area (Å²) in [5.74, 6) is -1.80. The third-order valence-electron chi connectivity index (χ3n) is 3.13. The van der Waals surface area contributed by atoms with E-state index in [2.05, 4.69) is 10.6 Å². The smallest absolute Gasteiger partial charge is 0.329 e. The summed E-state index contributed by atoms with van der Waals surface area (Å²) in [4.78, 5) is 34.4. The molecule has 1 fully saturated rings. The summed E-state index contributed by atoms with van der Waals surface area (Å²) in [6.45, 7) is 0. The monoisotopic (exact) mass is 262 g/mol. The van der Waals surface area contributed by atoms with Crippen LogP contribution < -0.4 is 10.6 Å². The first kappa shape index (κ1) is 13.1. The molecule has 1 aliphatic rings. The summed E-state index contributed by atoms with van der Waals surface area (Å²) in [5, 5.41) is 14.0. The normalized spacial score (nSPS) is 15.4. The Morgan fingerprint density at radius 3 is 2.21 bits per heavy atom. The van der Waals surface area contributed by atoms with Crippen LogP contribution in [0, 0.1) is 0 Å². The fourth-order valence-corrected chi connectivity index (χ4v) is 1.75. The molecule has 1 aromatic carbocycles. The summed E-state index contributed by atoms with van der Waals surface area (Å²) in [6.07, 6.45) is 0.867. The average molecular weight is 262 g/mol. The molecule has 1 aromatic rings. The zero-order chi connectivity index (χ0) is 14.0. The van der Waals surface area contributed by atoms with Gasteiger partial charge >= 0.3 is 5.97 Å². The molecule has 6 nitrogen and oxygen atoms in total. The summed E-state index contributed by atoms with van der Waals surface area (Å²) >= 11 is 0. The SMILES string of the molecule is CNC(=O)c1cccc(C(=O)NC2(C(=O)O)CC2)c1. The van der Waals surface area contributed by atoms with Crippen LogP contribution in [0.25, 0.3) is 0 Å². The minimum atomic E-state index is -1.12. The molecule has 2 amide bonds. The van der Waals surface area contributed by atoms with Gasteiger partial charge in [0.1, 0.15) is 5.54 Å². The Balaban J connectivity index is 2.16. The summed E-state index contributed by atoms with van der Waals surface area (Å²) in [6, 6.07) is 6.14. The molecule has 0 spiro atoms. The van der Waals surface area contributed by atoms with E-state index in [1.54, 1.807) is 18.2 Å². The maximum absolute atomic E-state index is 12.0. The van der Waals surface area contributed by atoms with Crippen molar-refractivity contribution in [2.24, 2.45) is 0 Å². The van der Waals surface area contributed by atoms with Crippen molar-refractivity contribution in [2.45, 2.75) is 18.4 Å². The van der Waals surface area contributed by atoms with Crippen molar-refractivity contribution < 1.29 is 19.5 Å². The summed E-state index contributed by atoms with van der Waals surface area (Å²) in [5.41, 5.74) is -0.496. The first-order valence-corrected chi connectivity index (χ1v) is 5.86. The minimum Gasteiger partial charge on any atom is -0.480 e. The maximum Gasteiger partial charge on any atom is 0.329 e. The molecule has 0 saturated heterocycles. The van der Waals surface area contributed by atoms with Crippen molar-refractivity contribution in [3.05, 3.63) is 35.4 Å². The van der Waals surface area contributed by atoms with Crippen molar-refractivity contribution >= 4 is 17.8 Å². The Labute approximate surface area is 109 Å². The van der Waals surface area contributed by atoms with Crippen molar-refractivity contribution in [1.29, 1.82) is 0 Å². The second kappa shape index (κ2) is 4.72. The molecular weight excluding hydrogens is 248 g/mol.